The summed E-state index contributed by atoms with van der Waals surface area (Å²) < 4.78 is 33.8. The Kier molecular flexibility index (Phi) is 7.00. The number of piperidine rings is 1. The number of rotatable bonds is 6. The summed E-state index contributed by atoms with van der Waals surface area (Å²) in [5, 5.41) is 2.77. The molecule has 1 heterocycles. The molecule has 1 atom stereocenters. The van der Waals surface area contributed by atoms with Crippen LogP contribution in [0, 0.1) is 11.2 Å². The molecule has 2 aromatic carbocycles. The van der Waals surface area contributed by atoms with Crippen LogP contribution in [0.15, 0.2) is 42.5 Å². The van der Waals surface area contributed by atoms with Gasteiger partial charge in [0, 0.05) is 23.5 Å². The van der Waals surface area contributed by atoms with Crippen molar-refractivity contribution in [3.63, 3.8) is 0 Å². The van der Waals surface area contributed by atoms with Gasteiger partial charge in [-0.2, -0.15) is 0 Å². The average Bonchev–Trinajstić information content (AvgIpc) is 2.73. The molecule has 0 radical (unpaired) electrons. The van der Waals surface area contributed by atoms with Gasteiger partial charge in [-0.1, -0.05) is 30.7 Å². The lowest BCUT2D eigenvalue weighted by Crippen LogP contribution is -2.45. The second-order valence-electron chi connectivity index (χ2n) is 7.87. The van der Waals surface area contributed by atoms with E-state index in [1.54, 1.807) is 11.0 Å². The van der Waals surface area contributed by atoms with Gasteiger partial charge in [0.25, 0.3) is 5.91 Å². The van der Waals surface area contributed by atoms with Gasteiger partial charge in [-0.3, -0.25) is 4.79 Å². The molecule has 1 fully saturated rings. The predicted octanol–water partition coefficient (Wildman–Crippen LogP) is 4.69. The summed E-state index contributed by atoms with van der Waals surface area (Å²) in [6.45, 7) is 2.36. The van der Waals surface area contributed by atoms with Crippen LogP contribution in [0.4, 0.5) is 19.3 Å². The Balaban J connectivity index is 1.57. The molecular formula is C22H24ClF2N3O3. The number of nitrogens with two attached hydrogens (primary N) is 1. The monoisotopic (exact) mass is 451 g/mol. The summed E-state index contributed by atoms with van der Waals surface area (Å²) in [4.78, 5) is 25.3. The number of likely N-dealkylation sites (tertiary alicyclic amines) is 1. The largest absolute Gasteiger partial charge is 0.482 e. The molecule has 3 rings (SSSR count). The second-order valence-corrected chi connectivity index (χ2v) is 8.30. The maximum Gasteiger partial charge on any atom is 0.316 e. The number of amides is 3. The van der Waals surface area contributed by atoms with E-state index < -0.39 is 23.4 Å². The summed E-state index contributed by atoms with van der Waals surface area (Å²) in [6, 6.07) is 9.20. The maximum atomic E-state index is 15.1. The van der Waals surface area contributed by atoms with E-state index in [2.05, 4.69) is 5.32 Å². The molecule has 0 bridgehead atoms. The number of anilines is 1. The van der Waals surface area contributed by atoms with Crippen molar-refractivity contribution in [3.8, 4) is 5.75 Å². The van der Waals surface area contributed by atoms with Crippen LogP contribution < -0.4 is 15.8 Å². The van der Waals surface area contributed by atoms with E-state index in [4.69, 9.17) is 22.1 Å². The molecule has 1 unspecified atom stereocenters. The molecule has 1 aliphatic rings. The van der Waals surface area contributed by atoms with Gasteiger partial charge in [0.15, 0.2) is 6.61 Å². The zero-order valence-electron chi connectivity index (χ0n) is 17.0. The van der Waals surface area contributed by atoms with E-state index in [-0.39, 0.29) is 24.0 Å². The predicted molar refractivity (Wildman–Crippen MR) is 114 cm³/mol. The van der Waals surface area contributed by atoms with Crippen molar-refractivity contribution in [2.45, 2.75) is 25.9 Å². The highest BCUT2D eigenvalue weighted by Gasteiger charge is 2.39. The Morgan fingerprint density at radius 2 is 1.87 bits per heavy atom. The lowest BCUT2D eigenvalue weighted by atomic mass is 9.74. The van der Waals surface area contributed by atoms with Gasteiger partial charge in [0.1, 0.15) is 17.7 Å². The smallest absolute Gasteiger partial charge is 0.316 e. The van der Waals surface area contributed by atoms with Gasteiger partial charge in [0.2, 0.25) is 0 Å². The van der Waals surface area contributed by atoms with Crippen molar-refractivity contribution >= 4 is 29.2 Å². The highest BCUT2D eigenvalue weighted by molar-refractivity contribution is 6.31. The Morgan fingerprint density at radius 3 is 2.48 bits per heavy atom. The molecule has 166 valence electrons. The highest BCUT2D eigenvalue weighted by Crippen LogP contribution is 2.45. The fraction of sp³-hybridized carbons (Fsp3) is 0.364. The van der Waals surface area contributed by atoms with Crippen LogP contribution in [0.1, 0.15) is 31.5 Å². The van der Waals surface area contributed by atoms with Crippen LogP contribution in [-0.4, -0.2) is 36.5 Å². The number of ether oxygens (including phenoxy) is 1. The number of hydrogen-bond donors (Lipinski definition) is 2. The second kappa shape index (κ2) is 9.51. The Bertz CT molecular complexity index is 948. The number of alkyl halides is 1. The SMILES string of the molecule is CC1(C(F)c2ccc(F)cc2)CCN(C(=O)COc2ccc(Cl)cc2NC(N)=O)CC1. The van der Waals surface area contributed by atoms with Gasteiger partial charge >= 0.3 is 6.03 Å². The van der Waals surface area contributed by atoms with Crippen molar-refractivity contribution in [1.82, 2.24) is 4.90 Å². The summed E-state index contributed by atoms with van der Waals surface area (Å²) in [5.74, 6) is -0.394. The summed E-state index contributed by atoms with van der Waals surface area (Å²) in [7, 11) is 0. The van der Waals surface area contributed by atoms with Crippen LogP contribution in [0.25, 0.3) is 0 Å². The van der Waals surface area contributed by atoms with Crippen molar-refractivity contribution in [3.05, 3.63) is 58.9 Å². The Hall–Kier alpha value is -2.87. The van der Waals surface area contributed by atoms with Crippen LogP contribution in [0.3, 0.4) is 0 Å². The molecule has 0 saturated carbocycles. The zero-order chi connectivity index (χ0) is 22.6. The number of urea groups is 1. The molecule has 3 N–H and O–H groups in total. The number of carbonyl (C=O) groups excluding carboxylic acids is 2. The van der Waals surface area contributed by atoms with Gasteiger partial charge < -0.3 is 20.7 Å². The standard InChI is InChI=1S/C22H24ClF2N3O3/c1-22(20(25)14-2-5-16(24)6-3-14)8-10-28(11-9-22)19(29)13-31-18-7-4-15(23)12-17(18)27-21(26)30/h2-7,12,20H,8-11,13H2,1H3,(H3,26,27,30). The number of nitrogens with zero attached hydrogens (tertiary/aromatic N) is 1. The van der Waals surface area contributed by atoms with Crippen molar-refractivity contribution < 1.29 is 23.1 Å². The van der Waals surface area contributed by atoms with Crippen LogP contribution in [-0.2, 0) is 4.79 Å². The first-order valence-corrected chi connectivity index (χ1v) is 10.2. The molecular weight excluding hydrogens is 428 g/mol. The molecule has 3 amide bonds. The lowest BCUT2D eigenvalue weighted by Gasteiger charge is -2.41. The minimum atomic E-state index is -1.25. The Labute approximate surface area is 184 Å². The molecule has 0 spiro atoms. The van der Waals surface area contributed by atoms with Crippen molar-refractivity contribution in [2.24, 2.45) is 11.1 Å². The van der Waals surface area contributed by atoms with Gasteiger partial charge in [0.05, 0.1) is 5.69 Å². The molecule has 6 nitrogen and oxygen atoms in total. The van der Waals surface area contributed by atoms with E-state index in [9.17, 15) is 14.0 Å². The summed E-state index contributed by atoms with van der Waals surface area (Å²) in [6.07, 6.45) is -0.322. The number of carbonyl (C=O) groups is 2. The van der Waals surface area contributed by atoms with E-state index in [1.165, 1.54) is 36.4 Å². The summed E-state index contributed by atoms with van der Waals surface area (Å²) >= 11 is 5.92. The van der Waals surface area contributed by atoms with Gasteiger partial charge in [-0.05, 0) is 48.7 Å². The molecule has 0 aliphatic carbocycles. The van der Waals surface area contributed by atoms with Crippen LogP contribution in [0.5, 0.6) is 5.75 Å². The third-order valence-corrected chi connectivity index (χ3v) is 5.82. The third kappa shape index (κ3) is 5.64. The lowest BCUT2D eigenvalue weighted by molar-refractivity contribution is -0.136. The molecule has 9 heteroatoms. The van der Waals surface area contributed by atoms with Gasteiger partial charge in [-0.25, -0.2) is 13.6 Å². The molecule has 31 heavy (non-hydrogen) atoms. The van der Waals surface area contributed by atoms with E-state index >= 15 is 4.39 Å². The Morgan fingerprint density at radius 1 is 1.23 bits per heavy atom. The quantitative estimate of drug-likeness (QED) is 0.668. The van der Waals surface area contributed by atoms with E-state index in [0.717, 1.165) is 0 Å². The highest BCUT2D eigenvalue weighted by atomic mass is 35.5. The summed E-state index contributed by atoms with van der Waals surface area (Å²) in [5.41, 5.74) is 5.19. The number of hydrogen-bond acceptors (Lipinski definition) is 3. The first kappa shape index (κ1) is 22.8. The molecule has 0 aromatic heterocycles. The molecule has 1 saturated heterocycles. The fourth-order valence-electron chi connectivity index (χ4n) is 3.64. The first-order chi connectivity index (χ1) is 14.7. The van der Waals surface area contributed by atoms with Crippen LogP contribution >= 0.6 is 11.6 Å². The van der Waals surface area contributed by atoms with Crippen molar-refractivity contribution in [1.29, 1.82) is 0 Å². The number of benzene rings is 2. The zero-order valence-corrected chi connectivity index (χ0v) is 17.8. The van der Waals surface area contributed by atoms with E-state index in [1.807, 2.05) is 6.92 Å². The normalized spacial score (nSPS) is 16.5. The fourth-order valence-corrected chi connectivity index (χ4v) is 3.82. The topological polar surface area (TPSA) is 84.7 Å². The number of primary amides is 1. The number of nitrogens with one attached hydrogen (secondary N) is 1. The van der Waals surface area contributed by atoms with Gasteiger partial charge in [-0.15, -0.1) is 0 Å². The average molecular weight is 452 g/mol. The number of halogens is 3. The molecule has 2 aromatic rings. The maximum absolute atomic E-state index is 15.1. The minimum absolute atomic E-state index is 0.247. The van der Waals surface area contributed by atoms with E-state index in [0.29, 0.717) is 36.5 Å². The minimum Gasteiger partial charge on any atom is -0.482 e. The first-order valence-electron chi connectivity index (χ1n) is 9.84. The molecule has 1 aliphatic heterocycles. The van der Waals surface area contributed by atoms with Crippen molar-refractivity contribution in [2.75, 3.05) is 25.0 Å². The third-order valence-electron chi connectivity index (χ3n) is 5.58. The van der Waals surface area contributed by atoms with Crippen LogP contribution in [0.2, 0.25) is 5.02 Å².